The second-order valence-corrected chi connectivity index (χ2v) is 4.81. The lowest BCUT2D eigenvalue weighted by atomic mass is 10.2. The van der Waals surface area contributed by atoms with Crippen molar-refractivity contribution in [2.45, 2.75) is 18.9 Å². The molecule has 0 spiro atoms. The van der Waals surface area contributed by atoms with E-state index in [0.29, 0.717) is 0 Å². The summed E-state index contributed by atoms with van der Waals surface area (Å²) in [5.41, 5.74) is 1.77. The van der Waals surface area contributed by atoms with Gasteiger partial charge in [0.05, 0.1) is 23.7 Å². The molecule has 19 heavy (non-hydrogen) atoms. The van der Waals surface area contributed by atoms with Crippen LogP contribution in [0, 0.1) is 0 Å². The summed E-state index contributed by atoms with van der Waals surface area (Å²) in [6.45, 7) is 1.09. The van der Waals surface area contributed by atoms with Crippen molar-refractivity contribution < 1.29 is 5.11 Å². The van der Waals surface area contributed by atoms with Crippen LogP contribution in [0.25, 0.3) is 11.0 Å². The van der Waals surface area contributed by atoms with Crippen molar-refractivity contribution in [2.24, 2.45) is 0 Å². The van der Waals surface area contributed by atoms with Crippen LogP contribution in [0.4, 0.5) is 11.6 Å². The van der Waals surface area contributed by atoms with E-state index >= 15 is 0 Å². The number of nitrogens with one attached hydrogen (secondary N) is 1. The number of fused-ring (bicyclic) bond motifs is 1. The summed E-state index contributed by atoms with van der Waals surface area (Å²) in [5, 5.41) is 12.6. The number of aliphatic hydroxyl groups is 1. The zero-order valence-electron chi connectivity index (χ0n) is 11.0. The highest BCUT2D eigenvalue weighted by Gasteiger charge is 2.27. The lowest BCUT2D eigenvalue weighted by Gasteiger charge is -2.25. The Morgan fingerprint density at radius 3 is 2.74 bits per heavy atom. The molecule has 0 unspecified atom stereocenters. The summed E-state index contributed by atoms with van der Waals surface area (Å²) >= 11 is 0. The van der Waals surface area contributed by atoms with Gasteiger partial charge in [-0.1, -0.05) is 12.1 Å². The van der Waals surface area contributed by atoms with Gasteiger partial charge in [-0.25, -0.2) is 9.97 Å². The van der Waals surface area contributed by atoms with Crippen LogP contribution in [0.5, 0.6) is 0 Å². The Morgan fingerprint density at radius 1 is 1.32 bits per heavy atom. The van der Waals surface area contributed by atoms with Gasteiger partial charge in [-0.3, -0.25) is 0 Å². The minimum Gasteiger partial charge on any atom is -0.394 e. The van der Waals surface area contributed by atoms with Gasteiger partial charge in [0.2, 0.25) is 0 Å². The third-order valence-electron chi connectivity index (χ3n) is 3.65. The van der Waals surface area contributed by atoms with Gasteiger partial charge in [0.25, 0.3) is 0 Å². The molecule has 1 saturated heterocycles. The molecule has 3 rings (SSSR count). The van der Waals surface area contributed by atoms with Crippen molar-refractivity contribution in [1.82, 2.24) is 9.97 Å². The van der Waals surface area contributed by atoms with Crippen molar-refractivity contribution in [1.29, 1.82) is 0 Å². The number of aromatic nitrogens is 2. The fraction of sp³-hybridized carbons (Fsp3) is 0.429. The van der Waals surface area contributed by atoms with E-state index in [0.717, 1.165) is 42.1 Å². The van der Waals surface area contributed by atoms with Gasteiger partial charge in [0.15, 0.2) is 11.6 Å². The van der Waals surface area contributed by atoms with Crippen molar-refractivity contribution in [3.8, 4) is 0 Å². The standard InChI is InChI=1S/C14H18N4O/c1-15-13-14(18-8-4-5-10(18)9-19)17-12-7-3-2-6-11(12)16-13/h2-3,6-7,10,19H,4-5,8-9H2,1H3,(H,15,16)/t10-/m0/s1. The molecule has 1 aromatic heterocycles. The molecule has 100 valence electrons. The second-order valence-electron chi connectivity index (χ2n) is 4.81. The number of anilines is 2. The van der Waals surface area contributed by atoms with Crippen LogP contribution in [-0.4, -0.2) is 41.3 Å². The van der Waals surface area contributed by atoms with E-state index in [4.69, 9.17) is 4.98 Å². The molecule has 1 aliphatic rings. The van der Waals surface area contributed by atoms with Crippen molar-refractivity contribution in [3.63, 3.8) is 0 Å². The summed E-state index contributed by atoms with van der Waals surface area (Å²) < 4.78 is 0. The van der Waals surface area contributed by atoms with Crippen LogP contribution in [0.2, 0.25) is 0 Å². The van der Waals surface area contributed by atoms with E-state index in [9.17, 15) is 5.11 Å². The molecule has 0 aliphatic carbocycles. The summed E-state index contributed by atoms with van der Waals surface area (Å²) in [7, 11) is 1.85. The Bertz CT molecular complexity index is 587. The highest BCUT2D eigenvalue weighted by molar-refractivity contribution is 5.80. The molecule has 0 amide bonds. The number of para-hydroxylation sites is 2. The third-order valence-corrected chi connectivity index (χ3v) is 3.65. The van der Waals surface area contributed by atoms with Crippen molar-refractivity contribution in [3.05, 3.63) is 24.3 Å². The third kappa shape index (κ3) is 2.10. The van der Waals surface area contributed by atoms with Crippen LogP contribution in [-0.2, 0) is 0 Å². The molecule has 5 heteroatoms. The van der Waals surface area contributed by atoms with Crippen LogP contribution in [0.1, 0.15) is 12.8 Å². The van der Waals surface area contributed by atoms with E-state index in [1.165, 1.54) is 0 Å². The number of nitrogens with zero attached hydrogens (tertiary/aromatic N) is 3. The molecule has 2 N–H and O–H groups in total. The smallest absolute Gasteiger partial charge is 0.172 e. The SMILES string of the molecule is CNc1nc2ccccc2nc1N1CCC[C@H]1CO. The zero-order chi connectivity index (χ0) is 13.2. The van der Waals surface area contributed by atoms with Gasteiger partial charge in [0.1, 0.15) is 0 Å². The lowest BCUT2D eigenvalue weighted by molar-refractivity contribution is 0.266. The van der Waals surface area contributed by atoms with Gasteiger partial charge < -0.3 is 15.3 Å². The normalized spacial score (nSPS) is 19.1. The first-order valence-electron chi connectivity index (χ1n) is 6.65. The number of hydrogen-bond acceptors (Lipinski definition) is 5. The predicted molar refractivity (Wildman–Crippen MR) is 76.5 cm³/mol. The monoisotopic (exact) mass is 258 g/mol. The number of benzene rings is 1. The fourth-order valence-electron chi connectivity index (χ4n) is 2.66. The maximum Gasteiger partial charge on any atom is 0.172 e. The van der Waals surface area contributed by atoms with Gasteiger partial charge in [-0.2, -0.15) is 0 Å². The van der Waals surface area contributed by atoms with E-state index in [2.05, 4.69) is 15.2 Å². The minimum atomic E-state index is 0.155. The summed E-state index contributed by atoms with van der Waals surface area (Å²) in [4.78, 5) is 11.5. The van der Waals surface area contributed by atoms with Crippen LogP contribution in [0.3, 0.4) is 0 Å². The maximum absolute atomic E-state index is 9.46. The predicted octanol–water partition coefficient (Wildman–Crippen LogP) is 1.63. The zero-order valence-corrected chi connectivity index (χ0v) is 11.0. The highest BCUT2D eigenvalue weighted by Crippen LogP contribution is 2.30. The number of aliphatic hydroxyl groups excluding tert-OH is 1. The maximum atomic E-state index is 9.46. The molecule has 0 radical (unpaired) electrons. The first-order chi connectivity index (χ1) is 9.33. The second kappa shape index (κ2) is 5.01. The fourth-order valence-corrected chi connectivity index (χ4v) is 2.66. The highest BCUT2D eigenvalue weighted by atomic mass is 16.3. The first kappa shape index (κ1) is 12.2. The summed E-state index contributed by atoms with van der Waals surface area (Å²) in [6.07, 6.45) is 2.09. The molecule has 1 aromatic carbocycles. The van der Waals surface area contributed by atoms with Gasteiger partial charge in [0, 0.05) is 13.6 Å². The molecule has 1 fully saturated rings. The minimum absolute atomic E-state index is 0.155. The van der Waals surface area contributed by atoms with Crippen LogP contribution >= 0.6 is 0 Å². The molecule has 2 heterocycles. The Labute approximate surface area is 112 Å². The molecule has 0 bridgehead atoms. The average Bonchev–Trinajstić information content (AvgIpc) is 2.94. The van der Waals surface area contributed by atoms with Crippen molar-refractivity contribution >= 4 is 22.7 Å². The molecule has 1 aliphatic heterocycles. The molecular formula is C14H18N4O. The molecular weight excluding hydrogens is 240 g/mol. The Balaban J connectivity index is 2.10. The average molecular weight is 258 g/mol. The van der Waals surface area contributed by atoms with E-state index < -0.39 is 0 Å². The quantitative estimate of drug-likeness (QED) is 0.876. The van der Waals surface area contributed by atoms with Crippen LogP contribution < -0.4 is 10.2 Å². The Kier molecular flexibility index (Phi) is 3.21. The molecule has 2 aromatic rings. The van der Waals surface area contributed by atoms with E-state index in [-0.39, 0.29) is 12.6 Å². The van der Waals surface area contributed by atoms with Gasteiger partial charge >= 0.3 is 0 Å². The van der Waals surface area contributed by atoms with E-state index in [1.807, 2.05) is 31.3 Å². The molecule has 1 atom stereocenters. The van der Waals surface area contributed by atoms with E-state index in [1.54, 1.807) is 0 Å². The summed E-state index contributed by atoms with van der Waals surface area (Å²) in [5.74, 6) is 1.62. The topological polar surface area (TPSA) is 61.3 Å². The van der Waals surface area contributed by atoms with Gasteiger partial charge in [-0.15, -0.1) is 0 Å². The largest absolute Gasteiger partial charge is 0.394 e. The molecule has 0 saturated carbocycles. The van der Waals surface area contributed by atoms with Crippen molar-refractivity contribution in [2.75, 3.05) is 30.4 Å². The van der Waals surface area contributed by atoms with Gasteiger partial charge in [-0.05, 0) is 25.0 Å². The Morgan fingerprint density at radius 2 is 2.05 bits per heavy atom. The molecule has 5 nitrogen and oxygen atoms in total. The summed E-state index contributed by atoms with van der Waals surface area (Å²) in [6, 6.07) is 8.01. The first-order valence-corrected chi connectivity index (χ1v) is 6.65. The van der Waals surface area contributed by atoms with Crippen LogP contribution in [0.15, 0.2) is 24.3 Å². The number of hydrogen-bond donors (Lipinski definition) is 2. The Hall–Kier alpha value is -1.88. The lowest BCUT2D eigenvalue weighted by Crippen LogP contribution is -2.33. The number of rotatable bonds is 3.